The van der Waals surface area contributed by atoms with Crippen molar-refractivity contribution in [2.75, 3.05) is 13.7 Å². The molecule has 0 radical (unpaired) electrons. The molecule has 0 unspecified atom stereocenters. The Kier molecular flexibility index (Phi) is 6.24. The van der Waals surface area contributed by atoms with Gasteiger partial charge in [-0.05, 0) is 37.0 Å². The van der Waals surface area contributed by atoms with E-state index in [1.165, 1.54) is 6.42 Å². The number of ether oxygens (including phenoxy) is 2. The van der Waals surface area contributed by atoms with Crippen molar-refractivity contribution < 1.29 is 9.47 Å². The SMILES string of the molecule is COc1ccc(C#N)cc1COCCCC(C)C. The largest absolute Gasteiger partial charge is 0.496 e. The first-order valence-electron chi connectivity index (χ1n) is 6.32. The molecule has 98 valence electrons. The number of hydrogen-bond donors (Lipinski definition) is 0. The Morgan fingerprint density at radius 2 is 2.11 bits per heavy atom. The van der Waals surface area contributed by atoms with E-state index in [-0.39, 0.29) is 0 Å². The minimum absolute atomic E-state index is 0.497. The second-order valence-corrected chi connectivity index (χ2v) is 4.73. The van der Waals surface area contributed by atoms with Gasteiger partial charge in [0.25, 0.3) is 0 Å². The fourth-order valence-electron chi connectivity index (χ4n) is 1.74. The summed E-state index contributed by atoms with van der Waals surface area (Å²) in [7, 11) is 1.63. The third-order valence-electron chi connectivity index (χ3n) is 2.74. The molecule has 1 aromatic rings. The molecule has 0 fully saturated rings. The van der Waals surface area contributed by atoms with Crippen LogP contribution in [0.1, 0.15) is 37.8 Å². The Morgan fingerprint density at radius 3 is 2.72 bits per heavy atom. The lowest BCUT2D eigenvalue weighted by molar-refractivity contribution is 0.113. The first-order chi connectivity index (χ1) is 8.67. The number of benzene rings is 1. The molecule has 0 spiro atoms. The van der Waals surface area contributed by atoms with Gasteiger partial charge in [0.15, 0.2) is 0 Å². The number of nitrogens with zero attached hydrogens (tertiary/aromatic N) is 1. The first-order valence-corrected chi connectivity index (χ1v) is 6.32. The quantitative estimate of drug-likeness (QED) is 0.692. The van der Waals surface area contributed by atoms with E-state index in [9.17, 15) is 0 Å². The van der Waals surface area contributed by atoms with Crippen LogP contribution in [0.3, 0.4) is 0 Å². The lowest BCUT2D eigenvalue weighted by atomic mass is 10.1. The van der Waals surface area contributed by atoms with Crippen molar-refractivity contribution in [3.63, 3.8) is 0 Å². The molecule has 0 aliphatic rings. The zero-order valence-electron chi connectivity index (χ0n) is 11.4. The van der Waals surface area contributed by atoms with Gasteiger partial charge in [-0.1, -0.05) is 13.8 Å². The van der Waals surface area contributed by atoms with Gasteiger partial charge in [0.05, 0.1) is 25.3 Å². The number of methoxy groups -OCH3 is 1. The predicted octanol–water partition coefficient (Wildman–Crippen LogP) is 3.52. The minimum atomic E-state index is 0.497. The maximum atomic E-state index is 8.86. The van der Waals surface area contributed by atoms with Crippen molar-refractivity contribution in [2.24, 2.45) is 5.92 Å². The summed E-state index contributed by atoms with van der Waals surface area (Å²) in [6.45, 7) is 5.66. The van der Waals surface area contributed by atoms with Gasteiger partial charge in [-0.3, -0.25) is 0 Å². The maximum absolute atomic E-state index is 8.86. The van der Waals surface area contributed by atoms with Crippen molar-refractivity contribution >= 4 is 0 Å². The highest BCUT2D eigenvalue weighted by Crippen LogP contribution is 2.20. The van der Waals surface area contributed by atoms with E-state index in [0.717, 1.165) is 24.3 Å². The molecular weight excluding hydrogens is 226 g/mol. The van der Waals surface area contributed by atoms with Gasteiger partial charge >= 0.3 is 0 Å². The van der Waals surface area contributed by atoms with Crippen LogP contribution in [0.2, 0.25) is 0 Å². The van der Waals surface area contributed by atoms with Crippen molar-refractivity contribution in [2.45, 2.75) is 33.3 Å². The molecule has 1 rings (SSSR count). The second kappa shape index (κ2) is 7.73. The molecule has 3 nitrogen and oxygen atoms in total. The number of nitriles is 1. The van der Waals surface area contributed by atoms with Crippen LogP contribution < -0.4 is 4.74 Å². The second-order valence-electron chi connectivity index (χ2n) is 4.73. The van der Waals surface area contributed by atoms with Crippen LogP contribution >= 0.6 is 0 Å². The predicted molar refractivity (Wildman–Crippen MR) is 71.4 cm³/mol. The van der Waals surface area contributed by atoms with Crippen LogP contribution in [0.25, 0.3) is 0 Å². The van der Waals surface area contributed by atoms with E-state index in [1.807, 2.05) is 12.1 Å². The highest BCUT2D eigenvalue weighted by Gasteiger charge is 2.04. The Labute approximate surface area is 109 Å². The maximum Gasteiger partial charge on any atom is 0.124 e. The van der Waals surface area contributed by atoms with Gasteiger partial charge in [-0.25, -0.2) is 0 Å². The summed E-state index contributed by atoms with van der Waals surface area (Å²) in [5.74, 6) is 1.49. The third kappa shape index (κ3) is 4.77. The highest BCUT2D eigenvalue weighted by molar-refractivity contribution is 5.41. The molecule has 0 atom stereocenters. The summed E-state index contributed by atoms with van der Waals surface area (Å²) in [4.78, 5) is 0. The summed E-state index contributed by atoms with van der Waals surface area (Å²) in [6.07, 6.45) is 2.24. The zero-order chi connectivity index (χ0) is 13.4. The molecule has 3 heteroatoms. The molecule has 0 saturated heterocycles. The Morgan fingerprint density at radius 1 is 1.33 bits per heavy atom. The van der Waals surface area contributed by atoms with E-state index in [4.69, 9.17) is 14.7 Å². The Bertz CT molecular complexity index is 407. The van der Waals surface area contributed by atoms with Crippen LogP contribution in [0.15, 0.2) is 18.2 Å². The summed E-state index contributed by atoms with van der Waals surface area (Å²) in [6, 6.07) is 7.51. The zero-order valence-corrected chi connectivity index (χ0v) is 11.4. The topological polar surface area (TPSA) is 42.2 Å². The van der Waals surface area contributed by atoms with Crippen LogP contribution in [-0.2, 0) is 11.3 Å². The molecule has 0 amide bonds. The molecule has 18 heavy (non-hydrogen) atoms. The van der Waals surface area contributed by atoms with Gasteiger partial charge < -0.3 is 9.47 Å². The van der Waals surface area contributed by atoms with E-state index in [2.05, 4.69) is 19.9 Å². The van der Waals surface area contributed by atoms with E-state index >= 15 is 0 Å². The minimum Gasteiger partial charge on any atom is -0.496 e. The van der Waals surface area contributed by atoms with Crippen LogP contribution in [0.4, 0.5) is 0 Å². The van der Waals surface area contributed by atoms with Gasteiger partial charge in [-0.2, -0.15) is 5.26 Å². The molecule has 0 saturated carbocycles. The summed E-state index contributed by atoms with van der Waals surface area (Å²) in [5, 5.41) is 8.86. The van der Waals surface area contributed by atoms with Crippen molar-refractivity contribution in [3.05, 3.63) is 29.3 Å². The fraction of sp³-hybridized carbons (Fsp3) is 0.533. The first kappa shape index (κ1) is 14.5. The molecule has 0 N–H and O–H groups in total. The van der Waals surface area contributed by atoms with E-state index in [1.54, 1.807) is 13.2 Å². The third-order valence-corrected chi connectivity index (χ3v) is 2.74. The monoisotopic (exact) mass is 247 g/mol. The highest BCUT2D eigenvalue weighted by atomic mass is 16.5. The van der Waals surface area contributed by atoms with E-state index in [0.29, 0.717) is 18.1 Å². The Hall–Kier alpha value is -1.53. The average Bonchev–Trinajstić information content (AvgIpc) is 2.37. The Balaban J connectivity index is 2.48. The van der Waals surface area contributed by atoms with Gasteiger partial charge in [0, 0.05) is 12.2 Å². The molecule has 1 aromatic carbocycles. The fourth-order valence-corrected chi connectivity index (χ4v) is 1.74. The molecule has 0 aromatic heterocycles. The lowest BCUT2D eigenvalue weighted by Crippen LogP contribution is -2.00. The molecule has 0 heterocycles. The van der Waals surface area contributed by atoms with Gasteiger partial charge in [0.2, 0.25) is 0 Å². The van der Waals surface area contributed by atoms with Crippen LogP contribution in [0.5, 0.6) is 5.75 Å². The van der Waals surface area contributed by atoms with Crippen LogP contribution in [0, 0.1) is 17.2 Å². The summed E-state index contributed by atoms with van der Waals surface area (Å²) < 4.78 is 10.9. The number of rotatable bonds is 7. The van der Waals surface area contributed by atoms with Gasteiger partial charge in [0.1, 0.15) is 5.75 Å². The van der Waals surface area contributed by atoms with Gasteiger partial charge in [-0.15, -0.1) is 0 Å². The van der Waals surface area contributed by atoms with Crippen molar-refractivity contribution in [3.8, 4) is 11.8 Å². The van der Waals surface area contributed by atoms with Crippen molar-refractivity contribution in [1.82, 2.24) is 0 Å². The summed E-state index contributed by atoms with van der Waals surface area (Å²) in [5.41, 5.74) is 1.57. The molecule has 0 bridgehead atoms. The smallest absolute Gasteiger partial charge is 0.124 e. The molecule has 0 aliphatic heterocycles. The number of hydrogen-bond acceptors (Lipinski definition) is 3. The molecule has 0 aliphatic carbocycles. The van der Waals surface area contributed by atoms with Crippen molar-refractivity contribution in [1.29, 1.82) is 5.26 Å². The van der Waals surface area contributed by atoms with E-state index < -0.39 is 0 Å². The normalized spacial score (nSPS) is 10.4. The lowest BCUT2D eigenvalue weighted by Gasteiger charge is -2.10. The average molecular weight is 247 g/mol. The van der Waals surface area contributed by atoms with Crippen LogP contribution in [-0.4, -0.2) is 13.7 Å². The molecular formula is C15H21NO2. The summed E-state index contributed by atoms with van der Waals surface area (Å²) >= 11 is 0. The standard InChI is InChI=1S/C15H21NO2/c1-12(2)5-4-8-18-11-14-9-13(10-16)6-7-15(14)17-3/h6-7,9,12H,4-5,8,11H2,1-3H3.